The van der Waals surface area contributed by atoms with Crippen molar-refractivity contribution < 1.29 is 9.53 Å². The van der Waals surface area contributed by atoms with Gasteiger partial charge in [0.05, 0.1) is 12.8 Å². The Kier molecular flexibility index (Phi) is 6.66. The van der Waals surface area contributed by atoms with E-state index in [1.165, 1.54) is 11.4 Å². The molecule has 0 N–H and O–H groups in total. The molecule has 4 heterocycles. The van der Waals surface area contributed by atoms with Gasteiger partial charge in [0, 0.05) is 74.5 Å². The number of aryl methyl sites for hydroxylation is 2. The number of rotatable bonds is 5. The third-order valence-electron chi connectivity index (χ3n) is 7.43. The number of benzene rings is 1. The maximum absolute atomic E-state index is 13.3. The Morgan fingerprint density at radius 3 is 2.29 bits per heavy atom. The Hall–Kier alpha value is -3.48. The Bertz CT molecular complexity index is 1150. The summed E-state index contributed by atoms with van der Waals surface area (Å²) in [5, 5.41) is 0. The summed E-state index contributed by atoms with van der Waals surface area (Å²) in [6.07, 6.45) is 3.61. The van der Waals surface area contributed by atoms with E-state index in [-0.39, 0.29) is 5.92 Å². The maximum Gasteiger partial charge on any atom is 0.225 e. The van der Waals surface area contributed by atoms with Gasteiger partial charge < -0.3 is 24.0 Å². The van der Waals surface area contributed by atoms with E-state index in [9.17, 15) is 4.79 Å². The molecule has 35 heavy (non-hydrogen) atoms. The lowest BCUT2D eigenvalue weighted by atomic mass is 9.94. The molecule has 0 saturated carbocycles. The minimum atomic E-state index is 0.0943. The van der Waals surface area contributed by atoms with E-state index < -0.39 is 0 Å². The van der Waals surface area contributed by atoms with Crippen LogP contribution in [0.25, 0.3) is 5.69 Å². The summed E-state index contributed by atoms with van der Waals surface area (Å²) >= 11 is 0. The molecular formula is C28H35N5O2. The highest BCUT2D eigenvalue weighted by Crippen LogP contribution is 2.30. The van der Waals surface area contributed by atoms with Gasteiger partial charge in [-0.05, 0) is 63.1 Å². The Morgan fingerprint density at radius 1 is 0.886 bits per heavy atom. The molecule has 2 aromatic heterocycles. The van der Waals surface area contributed by atoms with E-state index >= 15 is 0 Å². The zero-order chi connectivity index (χ0) is 24.4. The number of amides is 1. The van der Waals surface area contributed by atoms with Crippen LogP contribution in [0.3, 0.4) is 0 Å². The largest absolute Gasteiger partial charge is 0.497 e. The molecule has 7 nitrogen and oxygen atoms in total. The fourth-order valence-electron chi connectivity index (χ4n) is 5.44. The highest BCUT2D eigenvalue weighted by Gasteiger charge is 2.31. The van der Waals surface area contributed by atoms with Crippen molar-refractivity contribution in [1.29, 1.82) is 0 Å². The lowest BCUT2D eigenvalue weighted by Gasteiger charge is -2.39. The van der Waals surface area contributed by atoms with Gasteiger partial charge in [-0.1, -0.05) is 6.07 Å². The van der Waals surface area contributed by atoms with Crippen molar-refractivity contribution in [3.05, 3.63) is 66.1 Å². The summed E-state index contributed by atoms with van der Waals surface area (Å²) in [7, 11) is 1.69. The standard InChI is InChI=1S/C28H35N5O2/c1-21-9-10-22(2)33(21)26-8-5-13-29-27(26)31-14-11-23(12-15-31)28(34)32-18-16-30(17-19-32)24-6-4-7-25(20-24)35-3/h4-10,13,20,23H,11-12,14-19H2,1-3H3. The Morgan fingerprint density at radius 2 is 1.60 bits per heavy atom. The molecule has 0 bridgehead atoms. The molecule has 2 fully saturated rings. The molecule has 2 aliphatic rings. The summed E-state index contributed by atoms with van der Waals surface area (Å²) in [4.78, 5) is 24.8. The molecule has 2 saturated heterocycles. The molecule has 1 aromatic carbocycles. The Balaban J connectivity index is 1.19. The fourth-order valence-corrected chi connectivity index (χ4v) is 5.44. The molecule has 0 atom stereocenters. The predicted molar refractivity (Wildman–Crippen MR) is 140 cm³/mol. The number of piperidine rings is 1. The number of pyridine rings is 1. The van der Waals surface area contributed by atoms with E-state index in [0.29, 0.717) is 5.91 Å². The second kappa shape index (κ2) is 10.0. The first-order valence-electron chi connectivity index (χ1n) is 12.6. The van der Waals surface area contributed by atoms with Crippen LogP contribution in [0.4, 0.5) is 11.5 Å². The molecule has 3 aromatic rings. The first kappa shape index (κ1) is 23.3. The SMILES string of the molecule is COc1cccc(N2CCN(C(=O)C3CCN(c4ncccc4-n4c(C)ccc4C)CC3)CC2)c1. The molecule has 2 aliphatic heterocycles. The number of anilines is 2. The number of carbonyl (C=O) groups excluding carboxylic acids is 1. The van der Waals surface area contributed by atoms with Gasteiger partial charge in [0.2, 0.25) is 5.91 Å². The van der Waals surface area contributed by atoms with Crippen molar-refractivity contribution in [3.63, 3.8) is 0 Å². The van der Waals surface area contributed by atoms with Crippen LogP contribution in [0.1, 0.15) is 24.2 Å². The van der Waals surface area contributed by atoms with E-state index in [4.69, 9.17) is 9.72 Å². The van der Waals surface area contributed by atoms with Gasteiger partial charge in [-0.15, -0.1) is 0 Å². The number of methoxy groups -OCH3 is 1. The summed E-state index contributed by atoms with van der Waals surface area (Å²) in [5.74, 6) is 2.28. The average Bonchev–Trinajstić information content (AvgIpc) is 3.26. The van der Waals surface area contributed by atoms with Crippen LogP contribution in [-0.4, -0.2) is 66.7 Å². The zero-order valence-corrected chi connectivity index (χ0v) is 21.0. The van der Waals surface area contributed by atoms with Gasteiger partial charge in [-0.2, -0.15) is 0 Å². The molecule has 0 radical (unpaired) electrons. The molecule has 1 amide bonds. The molecule has 184 valence electrons. The minimum Gasteiger partial charge on any atom is -0.497 e. The van der Waals surface area contributed by atoms with E-state index in [2.05, 4.69) is 63.4 Å². The van der Waals surface area contributed by atoms with Crippen LogP contribution in [-0.2, 0) is 4.79 Å². The topological polar surface area (TPSA) is 53.8 Å². The second-order valence-electron chi connectivity index (χ2n) is 9.57. The van der Waals surface area contributed by atoms with Crippen molar-refractivity contribution in [3.8, 4) is 11.4 Å². The maximum atomic E-state index is 13.3. The Labute approximate surface area is 207 Å². The van der Waals surface area contributed by atoms with Crippen molar-refractivity contribution in [2.75, 3.05) is 56.2 Å². The van der Waals surface area contributed by atoms with Crippen molar-refractivity contribution in [2.45, 2.75) is 26.7 Å². The van der Waals surface area contributed by atoms with Gasteiger partial charge in [0.1, 0.15) is 5.75 Å². The number of aromatic nitrogens is 2. The lowest BCUT2D eigenvalue weighted by Crippen LogP contribution is -2.51. The number of carbonyl (C=O) groups is 1. The van der Waals surface area contributed by atoms with Gasteiger partial charge in [-0.25, -0.2) is 4.98 Å². The minimum absolute atomic E-state index is 0.0943. The van der Waals surface area contributed by atoms with E-state index in [1.54, 1.807) is 7.11 Å². The molecule has 5 rings (SSSR count). The van der Waals surface area contributed by atoms with E-state index in [1.807, 2.05) is 24.4 Å². The smallest absolute Gasteiger partial charge is 0.225 e. The fraction of sp³-hybridized carbons (Fsp3) is 0.429. The average molecular weight is 474 g/mol. The zero-order valence-electron chi connectivity index (χ0n) is 21.0. The molecule has 0 unspecified atom stereocenters. The highest BCUT2D eigenvalue weighted by atomic mass is 16.5. The summed E-state index contributed by atoms with van der Waals surface area (Å²) in [5.41, 5.74) is 4.68. The van der Waals surface area contributed by atoms with Gasteiger partial charge in [0.25, 0.3) is 0 Å². The number of nitrogens with zero attached hydrogens (tertiary/aromatic N) is 5. The number of ether oxygens (including phenoxy) is 1. The van der Waals surface area contributed by atoms with Crippen LogP contribution >= 0.6 is 0 Å². The van der Waals surface area contributed by atoms with Crippen LogP contribution in [0.5, 0.6) is 5.75 Å². The van der Waals surface area contributed by atoms with Crippen LogP contribution in [0.15, 0.2) is 54.7 Å². The van der Waals surface area contributed by atoms with Crippen molar-refractivity contribution in [2.24, 2.45) is 5.92 Å². The summed E-state index contributed by atoms with van der Waals surface area (Å²) in [6.45, 7) is 9.20. The monoisotopic (exact) mass is 473 g/mol. The third kappa shape index (κ3) is 4.72. The summed E-state index contributed by atoms with van der Waals surface area (Å²) in [6, 6.07) is 16.6. The van der Waals surface area contributed by atoms with Crippen molar-refractivity contribution in [1.82, 2.24) is 14.5 Å². The first-order chi connectivity index (χ1) is 17.0. The number of hydrogen-bond acceptors (Lipinski definition) is 5. The van der Waals surface area contributed by atoms with Crippen LogP contribution < -0.4 is 14.5 Å². The first-order valence-corrected chi connectivity index (χ1v) is 12.6. The quantitative estimate of drug-likeness (QED) is 0.559. The van der Waals surface area contributed by atoms with Crippen LogP contribution in [0, 0.1) is 19.8 Å². The van der Waals surface area contributed by atoms with Gasteiger partial charge in [0.15, 0.2) is 5.82 Å². The summed E-state index contributed by atoms with van der Waals surface area (Å²) < 4.78 is 7.63. The lowest BCUT2D eigenvalue weighted by molar-refractivity contribution is -0.136. The normalized spacial score (nSPS) is 17.1. The van der Waals surface area contributed by atoms with Crippen molar-refractivity contribution >= 4 is 17.4 Å². The third-order valence-corrected chi connectivity index (χ3v) is 7.43. The molecular weight excluding hydrogens is 438 g/mol. The highest BCUT2D eigenvalue weighted by molar-refractivity contribution is 5.79. The molecule has 0 aliphatic carbocycles. The molecule has 7 heteroatoms. The van der Waals surface area contributed by atoms with Crippen LogP contribution in [0.2, 0.25) is 0 Å². The number of hydrogen-bond donors (Lipinski definition) is 0. The van der Waals surface area contributed by atoms with Gasteiger partial charge in [-0.3, -0.25) is 4.79 Å². The molecule has 0 spiro atoms. The van der Waals surface area contributed by atoms with Gasteiger partial charge >= 0.3 is 0 Å². The number of piperazine rings is 1. The second-order valence-corrected chi connectivity index (χ2v) is 9.57. The predicted octanol–water partition coefficient (Wildman–Crippen LogP) is 4.06. The van der Waals surface area contributed by atoms with E-state index in [0.717, 1.165) is 75.1 Å².